The molecule has 0 N–H and O–H groups in total. The van der Waals surface area contributed by atoms with Crippen molar-refractivity contribution in [2.75, 3.05) is 26.4 Å². The van der Waals surface area contributed by atoms with Crippen molar-refractivity contribution in [3.8, 4) is 0 Å². The van der Waals surface area contributed by atoms with Crippen LogP contribution in [0, 0.1) is 16.0 Å². The summed E-state index contributed by atoms with van der Waals surface area (Å²) in [5, 5.41) is 9.20. The number of aliphatic imine (C=N–C) groups is 1. The van der Waals surface area contributed by atoms with Crippen LogP contribution >= 0.6 is 0 Å². The Morgan fingerprint density at radius 1 is 1.52 bits per heavy atom. The van der Waals surface area contributed by atoms with Crippen LogP contribution in [0.4, 0.5) is 4.79 Å². The SMILES string of the molecule is CCCC(C1CC1)N(C(=O)OCCCO[N+](=O)[O-])C1=NCCO1. The molecule has 0 spiro atoms. The van der Waals surface area contributed by atoms with E-state index >= 15 is 0 Å². The summed E-state index contributed by atoms with van der Waals surface area (Å²) < 4.78 is 10.7. The highest BCUT2D eigenvalue weighted by Crippen LogP contribution is 2.38. The third-order valence-corrected chi connectivity index (χ3v) is 3.77. The maximum atomic E-state index is 12.4. The lowest BCUT2D eigenvalue weighted by Gasteiger charge is -2.29. The lowest BCUT2D eigenvalue weighted by atomic mass is 10.1. The molecular formula is C14H23N3O6. The Kier molecular flexibility index (Phi) is 6.42. The van der Waals surface area contributed by atoms with E-state index in [0.29, 0.717) is 25.1 Å². The molecule has 1 atom stereocenters. The lowest BCUT2D eigenvalue weighted by Crippen LogP contribution is -2.46. The fourth-order valence-corrected chi connectivity index (χ4v) is 2.60. The quantitative estimate of drug-likeness (QED) is 0.364. The first-order valence-corrected chi connectivity index (χ1v) is 8.04. The van der Waals surface area contributed by atoms with Crippen LogP contribution in [0.25, 0.3) is 0 Å². The lowest BCUT2D eigenvalue weighted by molar-refractivity contribution is -0.757. The Labute approximate surface area is 134 Å². The molecule has 2 rings (SSSR count). The van der Waals surface area contributed by atoms with Crippen molar-refractivity contribution >= 4 is 12.1 Å². The summed E-state index contributed by atoms with van der Waals surface area (Å²) in [5.74, 6) is 0.465. The van der Waals surface area contributed by atoms with E-state index in [4.69, 9.17) is 9.47 Å². The second-order valence-corrected chi connectivity index (χ2v) is 5.60. The second-order valence-electron chi connectivity index (χ2n) is 5.60. The van der Waals surface area contributed by atoms with E-state index < -0.39 is 11.2 Å². The van der Waals surface area contributed by atoms with Crippen molar-refractivity contribution in [2.45, 2.75) is 45.1 Å². The summed E-state index contributed by atoms with van der Waals surface area (Å²) in [6.07, 6.45) is 3.77. The van der Waals surface area contributed by atoms with Gasteiger partial charge in [-0.25, -0.2) is 14.7 Å². The van der Waals surface area contributed by atoms with Crippen LogP contribution in [-0.4, -0.2) is 54.5 Å². The van der Waals surface area contributed by atoms with Crippen LogP contribution in [0.3, 0.4) is 0 Å². The molecule has 0 aromatic rings. The van der Waals surface area contributed by atoms with Crippen molar-refractivity contribution in [1.82, 2.24) is 4.90 Å². The Morgan fingerprint density at radius 2 is 2.30 bits per heavy atom. The summed E-state index contributed by atoms with van der Waals surface area (Å²) in [4.78, 5) is 32.5. The molecule has 1 heterocycles. The first-order chi connectivity index (χ1) is 11.1. The molecule has 1 aliphatic carbocycles. The molecule has 23 heavy (non-hydrogen) atoms. The van der Waals surface area contributed by atoms with Crippen molar-refractivity contribution in [3.05, 3.63) is 10.1 Å². The zero-order valence-electron chi connectivity index (χ0n) is 13.3. The number of carbonyl (C=O) groups excluding carboxylic acids is 1. The zero-order valence-corrected chi connectivity index (χ0v) is 13.3. The van der Waals surface area contributed by atoms with Crippen LogP contribution in [-0.2, 0) is 14.3 Å². The highest BCUT2D eigenvalue weighted by Gasteiger charge is 2.41. The normalized spacial score (nSPS) is 17.9. The molecule has 0 radical (unpaired) electrons. The van der Waals surface area contributed by atoms with Gasteiger partial charge in [0.25, 0.3) is 11.1 Å². The monoisotopic (exact) mass is 329 g/mol. The number of ether oxygens (including phenoxy) is 2. The molecule has 0 aromatic heterocycles. The van der Waals surface area contributed by atoms with Crippen LogP contribution in [0.5, 0.6) is 0 Å². The topological polar surface area (TPSA) is 104 Å². The summed E-state index contributed by atoms with van der Waals surface area (Å²) in [7, 11) is 0. The Morgan fingerprint density at radius 3 is 2.87 bits per heavy atom. The van der Waals surface area contributed by atoms with E-state index in [1.807, 2.05) is 0 Å². The van der Waals surface area contributed by atoms with E-state index in [1.165, 1.54) is 4.90 Å². The van der Waals surface area contributed by atoms with E-state index in [1.54, 1.807) is 0 Å². The van der Waals surface area contributed by atoms with Gasteiger partial charge in [0, 0.05) is 12.5 Å². The highest BCUT2D eigenvalue weighted by molar-refractivity contribution is 5.91. The van der Waals surface area contributed by atoms with Gasteiger partial charge >= 0.3 is 6.09 Å². The minimum absolute atomic E-state index is 0.0411. The summed E-state index contributed by atoms with van der Waals surface area (Å²) in [5.41, 5.74) is 0. The van der Waals surface area contributed by atoms with Gasteiger partial charge in [-0.15, -0.1) is 10.1 Å². The average molecular weight is 329 g/mol. The maximum Gasteiger partial charge on any atom is 0.418 e. The Hall–Kier alpha value is -2.06. The number of rotatable bonds is 9. The van der Waals surface area contributed by atoms with Crippen molar-refractivity contribution in [1.29, 1.82) is 0 Å². The molecule has 0 bridgehead atoms. The van der Waals surface area contributed by atoms with Gasteiger partial charge in [0.05, 0.1) is 19.8 Å². The van der Waals surface area contributed by atoms with Crippen molar-refractivity contribution in [2.24, 2.45) is 10.9 Å². The van der Waals surface area contributed by atoms with E-state index in [0.717, 1.165) is 25.7 Å². The minimum atomic E-state index is -0.862. The van der Waals surface area contributed by atoms with Gasteiger partial charge in [-0.3, -0.25) is 0 Å². The number of amides is 1. The van der Waals surface area contributed by atoms with Gasteiger partial charge in [0.1, 0.15) is 6.61 Å². The average Bonchev–Trinajstić information content (AvgIpc) is 3.22. The Balaban J connectivity index is 1.90. The molecule has 0 saturated heterocycles. The number of hydrogen-bond acceptors (Lipinski definition) is 7. The molecule has 2 aliphatic rings. The van der Waals surface area contributed by atoms with Gasteiger partial charge in [-0.1, -0.05) is 13.3 Å². The molecule has 1 fully saturated rings. The molecule has 130 valence electrons. The summed E-state index contributed by atoms with van der Waals surface area (Å²) in [6.45, 7) is 3.04. The predicted octanol–water partition coefficient (Wildman–Crippen LogP) is 1.99. The minimum Gasteiger partial charge on any atom is -0.463 e. The number of amidine groups is 1. The van der Waals surface area contributed by atoms with Gasteiger partial charge in [0.2, 0.25) is 0 Å². The fraction of sp³-hybridized carbons (Fsp3) is 0.857. The molecule has 0 aromatic carbocycles. The van der Waals surface area contributed by atoms with E-state index in [-0.39, 0.29) is 25.7 Å². The summed E-state index contributed by atoms with van der Waals surface area (Å²) in [6, 6.07) is 0.376. The third kappa shape index (κ3) is 5.26. The van der Waals surface area contributed by atoms with Gasteiger partial charge in [-0.05, 0) is 25.2 Å². The molecule has 9 heteroatoms. The second kappa shape index (κ2) is 8.54. The number of carbonyl (C=O) groups is 1. The summed E-state index contributed by atoms with van der Waals surface area (Å²) >= 11 is 0. The van der Waals surface area contributed by atoms with Crippen LogP contribution in [0.2, 0.25) is 0 Å². The highest BCUT2D eigenvalue weighted by atomic mass is 16.9. The van der Waals surface area contributed by atoms with Crippen molar-refractivity contribution in [3.63, 3.8) is 0 Å². The van der Waals surface area contributed by atoms with Crippen LogP contribution in [0.15, 0.2) is 4.99 Å². The van der Waals surface area contributed by atoms with Crippen molar-refractivity contribution < 1.29 is 24.2 Å². The van der Waals surface area contributed by atoms with Gasteiger partial charge in [-0.2, -0.15) is 0 Å². The molecule has 1 amide bonds. The Bertz CT molecular complexity index is 452. The first kappa shape index (κ1) is 17.3. The van der Waals surface area contributed by atoms with Gasteiger partial charge < -0.3 is 14.3 Å². The number of nitrogens with zero attached hydrogens (tertiary/aromatic N) is 3. The smallest absolute Gasteiger partial charge is 0.418 e. The van der Waals surface area contributed by atoms with Crippen LogP contribution in [0.1, 0.15) is 39.0 Å². The van der Waals surface area contributed by atoms with E-state index in [2.05, 4.69) is 16.8 Å². The third-order valence-electron chi connectivity index (χ3n) is 3.77. The fourth-order valence-electron chi connectivity index (χ4n) is 2.60. The predicted molar refractivity (Wildman–Crippen MR) is 80.4 cm³/mol. The van der Waals surface area contributed by atoms with Crippen LogP contribution < -0.4 is 0 Å². The largest absolute Gasteiger partial charge is 0.463 e. The molecule has 1 unspecified atom stereocenters. The molecule has 9 nitrogen and oxygen atoms in total. The van der Waals surface area contributed by atoms with E-state index in [9.17, 15) is 14.9 Å². The molecule has 1 saturated carbocycles. The zero-order chi connectivity index (χ0) is 16.7. The molecule has 1 aliphatic heterocycles. The van der Waals surface area contributed by atoms with Gasteiger partial charge in [0.15, 0.2) is 0 Å². The number of hydrogen-bond donors (Lipinski definition) is 0. The molecular weight excluding hydrogens is 306 g/mol. The standard InChI is InChI=1S/C14H23N3O6/c1-2-4-12(11-5-6-11)16(13-15-7-10-21-13)14(18)22-8-3-9-23-17(19)20/h11-12H,2-10H2,1H3. The first-order valence-electron chi connectivity index (χ1n) is 8.04. The maximum absolute atomic E-state index is 12.4.